The summed E-state index contributed by atoms with van der Waals surface area (Å²) in [7, 11) is -2.25. The molecular weight excluding hydrogens is 417 g/mol. The summed E-state index contributed by atoms with van der Waals surface area (Å²) >= 11 is 0. The van der Waals surface area contributed by atoms with Crippen LogP contribution in [0.2, 0.25) is 0 Å². The van der Waals surface area contributed by atoms with E-state index >= 15 is 0 Å². The Bertz CT molecular complexity index is 1200. The number of halogens is 1. The number of nitrogens with one attached hydrogen (secondary N) is 1. The van der Waals surface area contributed by atoms with E-state index in [9.17, 15) is 17.6 Å². The van der Waals surface area contributed by atoms with E-state index < -0.39 is 15.9 Å². The van der Waals surface area contributed by atoms with Gasteiger partial charge in [0.25, 0.3) is 15.9 Å². The predicted octanol–water partition coefficient (Wildman–Crippen LogP) is 4.11. The monoisotopic (exact) mass is 439 g/mol. The molecular formula is C23H22FN3O3S. The number of hydrogen-bond donors (Lipinski definition) is 1. The first-order valence-corrected chi connectivity index (χ1v) is 10.9. The van der Waals surface area contributed by atoms with E-state index in [1.165, 1.54) is 31.3 Å². The molecule has 0 aliphatic heterocycles. The molecule has 0 radical (unpaired) electrons. The lowest BCUT2D eigenvalue weighted by atomic mass is 10.1. The average Bonchev–Trinajstić information content (AvgIpc) is 2.77. The summed E-state index contributed by atoms with van der Waals surface area (Å²) < 4.78 is 39.8. The van der Waals surface area contributed by atoms with Crippen molar-refractivity contribution in [2.75, 3.05) is 11.4 Å². The standard InChI is InChI=1S/C23H22FN3O3S/c1-16-4-14-22(15-5-16)31(29,30)27(3)21-12-8-19(9-13-21)23(28)26-25-17(2)18-6-10-20(24)11-7-18/h4-15H,1-3H3,(H,26,28)/b25-17-. The zero-order valence-corrected chi connectivity index (χ0v) is 18.2. The highest BCUT2D eigenvalue weighted by atomic mass is 32.2. The predicted molar refractivity (Wildman–Crippen MR) is 119 cm³/mol. The molecule has 6 nitrogen and oxygen atoms in total. The number of anilines is 1. The number of carbonyl (C=O) groups excluding carboxylic acids is 1. The fraction of sp³-hybridized carbons (Fsp3) is 0.130. The van der Waals surface area contributed by atoms with Gasteiger partial charge in [-0.05, 0) is 67.9 Å². The van der Waals surface area contributed by atoms with Gasteiger partial charge in [-0.25, -0.2) is 18.2 Å². The molecule has 1 N–H and O–H groups in total. The Hall–Kier alpha value is -3.52. The SMILES string of the molecule is C/C(=N/NC(=O)c1ccc(N(C)S(=O)(=O)c2ccc(C)cc2)cc1)c1ccc(F)cc1. The molecule has 3 aromatic carbocycles. The van der Waals surface area contributed by atoms with Crippen molar-refractivity contribution < 1.29 is 17.6 Å². The minimum absolute atomic E-state index is 0.188. The number of amides is 1. The number of hydrazone groups is 1. The Morgan fingerprint density at radius 3 is 2.03 bits per heavy atom. The van der Waals surface area contributed by atoms with Gasteiger partial charge >= 0.3 is 0 Å². The van der Waals surface area contributed by atoms with Crippen molar-refractivity contribution in [1.82, 2.24) is 5.43 Å². The van der Waals surface area contributed by atoms with Crippen LogP contribution in [0.15, 0.2) is 82.8 Å². The number of carbonyl (C=O) groups is 1. The van der Waals surface area contributed by atoms with Crippen LogP contribution in [0.3, 0.4) is 0 Å². The third kappa shape index (κ3) is 5.16. The number of hydrogen-bond acceptors (Lipinski definition) is 4. The van der Waals surface area contributed by atoms with E-state index in [2.05, 4.69) is 10.5 Å². The molecule has 0 aliphatic rings. The van der Waals surface area contributed by atoms with Crippen LogP contribution in [0.25, 0.3) is 0 Å². The number of nitrogens with zero attached hydrogens (tertiary/aromatic N) is 2. The molecule has 0 saturated heterocycles. The first kappa shape index (κ1) is 22.2. The van der Waals surface area contributed by atoms with Crippen molar-refractivity contribution in [2.24, 2.45) is 5.10 Å². The number of benzene rings is 3. The van der Waals surface area contributed by atoms with E-state index in [1.54, 1.807) is 55.5 Å². The van der Waals surface area contributed by atoms with Gasteiger partial charge in [-0.2, -0.15) is 5.10 Å². The third-order valence-electron chi connectivity index (χ3n) is 4.76. The Morgan fingerprint density at radius 1 is 0.903 bits per heavy atom. The van der Waals surface area contributed by atoms with Gasteiger partial charge in [0, 0.05) is 12.6 Å². The molecule has 160 valence electrons. The molecule has 0 aromatic heterocycles. The second kappa shape index (κ2) is 9.09. The van der Waals surface area contributed by atoms with Crippen molar-refractivity contribution in [3.8, 4) is 0 Å². The van der Waals surface area contributed by atoms with Crippen LogP contribution in [-0.4, -0.2) is 27.1 Å². The summed E-state index contributed by atoms with van der Waals surface area (Å²) in [6.45, 7) is 3.58. The quantitative estimate of drug-likeness (QED) is 0.464. The second-order valence-corrected chi connectivity index (χ2v) is 8.95. The van der Waals surface area contributed by atoms with Crippen molar-refractivity contribution >= 4 is 27.3 Å². The second-order valence-electron chi connectivity index (χ2n) is 6.98. The highest BCUT2D eigenvalue weighted by molar-refractivity contribution is 7.92. The van der Waals surface area contributed by atoms with Crippen molar-refractivity contribution in [3.63, 3.8) is 0 Å². The van der Waals surface area contributed by atoms with Gasteiger partial charge in [0.15, 0.2) is 0 Å². The van der Waals surface area contributed by atoms with Crippen LogP contribution in [0.4, 0.5) is 10.1 Å². The van der Waals surface area contributed by atoms with Crippen molar-refractivity contribution in [1.29, 1.82) is 0 Å². The smallest absolute Gasteiger partial charge is 0.269 e. The molecule has 1 amide bonds. The molecule has 3 rings (SSSR count). The van der Waals surface area contributed by atoms with Gasteiger partial charge in [0.2, 0.25) is 0 Å². The molecule has 0 bridgehead atoms. The van der Waals surface area contributed by atoms with Crippen LogP contribution in [0, 0.1) is 12.7 Å². The normalized spacial score (nSPS) is 11.8. The lowest BCUT2D eigenvalue weighted by Crippen LogP contribution is -2.26. The van der Waals surface area contributed by atoms with Crippen molar-refractivity contribution in [2.45, 2.75) is 18.7 Å². The maximum Gasteiger partial charge on any atom is 0.271 e. The fourth-order valence-electron chi connectivity index (χ4n) is 2.78. The average molecular weight is 440 g/mol. The summed E-state index contributed by atoms with van der Waals surface area (Å²) in [6.07, 6.45) is 0. The molecule has 0 spiro atoms. The van der Waals surface area contributed by atoms with Crippen LogP contribution in [-0.2, 0) is 10.0 Å². The van der Waals surface area contributed by atoms with Gasteiger partial charge in [0.05, 0.1) is 16.3 Å². The third-order valence-corrected chi connectivity index (χ3v) is 6.56. The number of rotatable bonds is 6. The number of sulfonamides is 1. The maximum atomic E-state index is 13.0. The van der Waals surface area contributed by atoms with E-state index in [4.69, 9.17) is 0 Å². The van der Waals surface area contributed by atoms with Gasteiger partial charge in [-0.1, -0.05) is 29.8 Å². The molecule has 0 unspecified atom stereocenters. The zero-order chi connectivity index (χ0) is 22.6. The van der Waals surface area contributed by atoms with Crippen LogP contribution in [0.5, 0.6) is 0 Å². The van der Waals surface area contributed by atoms with Gasteiger partial charge < -0.3 is 0 Å². The highest BCUT2D eigenvalue weighted by Crippen LogP contribution is 2.22. The Morgan fingerprint density at radius 2 is 1.45 bits per heavy atom. The number of aryl methyl sites for hydroxylation is 1. The molecule has 8 heteroatoms. The summed E-state index contributed by atoms with van der Waals surface area (Å²) in [6, 6.07) is 18.5. The van der Waals surface area contributed by atoms with E-state index in [0.29, 0.717) is 22.5 Å². The van der Waals surface area contributed by atoms with Crippen LogP contribution >= 0.6 is 0 Å². The van der Waals surface area contributed by atoms with Gasteiger partial charge in [-0.15, -0.1) is 0 Å². The first-order valence-electron chi connectivity index (χ1n) is 9.45. The van der Waals surface area contributed by atoms with E-state index in [1.807, 2.05) is 6.92 Å². The molecule has 0 saturated carbocycles. The minimum atomic E-state index is -3.71. The summed E-state index contributed by atoms with van der Waals surface area (Å²) in [5, 5.41) is 4.03. The molecule has 0 heterocycles. The molecule has 0 atom stereocenters. The Balaban J connectivity index is 1.71. The van der Waals surface area contributed by atoms with Gasteiger partial charge in [-0.3, -0.25) is 9.10 Å². The largest absolute Gasteiger partial charge is 0.271 e. The molecule has 3 aromatic rings. The Kier molecular flexibility index (Phi) is 6.50. The van der Waals surface area contributed by atoms with Crippen LogP contribution in [0.1, 0.15) is 28.4 Å². The lowest BCUT2D eigenvalue weighted by Gasteiger charge is -2.19. The molecule has 0 aliphatic carbocycles. The Labute approximate surface area is 181 Å². The minimum Gasteiger partial charge on any atom is -0.269 e. The molecule has 31 heavy (non-hydrogen) atoms. The fourth-order valence-corrected chi connectivity index (χ4v) is 3.98. The summed E-state index contributed by atoms with van der Waals surface area (Å²) in [5.41, 5.74) is 5.35. The van der Waals surface area contributed by atoms with Crippen LogP contribution < -0.4 is 9.73 Å². The lowest BCUT2D eigenvalue weighted by molar-refractivity contribution is 0.0955. The van der Waals surface area contributed by atoms with E-state index in [-0.39, 0.29) is 10.7 Å². The first-order chi connectivity index (χ1) is 14.7. The maximum absolute atomic E-state index is 13.0. The van der Waals surface area contributed by atoms with Crippen molar-refractivity contribution in [3.05, 3.63) is 95.3 Å². The zero-order valence-electron chi connectivity index (χ0n) is 17.3. The highest BCUT2D eigenvalue weighted by Gasteiger charge is 2.21. The summed E-state index contributed by atoms with van der Waals surface area (Å²) in [5.74, 6) is -0.799. The van der Waals surface area contributed by atoms with Gasteiger partial charge in [0.1, 0.15) is 5.82 Å². The summed E-state index contributed by atoms with van der Waals surface area (Å²) in [4.78, 5) is 12.5. The topological polar surface area (TPSA) is 78.8 Å². The molecule has 0 fully saturated rings. The van der Waals surface area contributed by atoms with E-state index in [0.717, 1.165) is 9.87 Å².